The second-order valence-electron chi connectivity index (χ2n) is 2.87. The predicted molar refractivity (Wildman–Crippen MR) is 65.8 cm³/mol. The molecule has 0 aromatic carbocycles. The van der Waals surface area contributed by atoms with Crippen molar-refractivity contribution in [2.24, 2.45) is 0 Å². The van der Waals surface area contributed by atoms with E-state index in [0.717, 1.165) is 0 Å². The average molecular weight is 291 g/mol. The van der Waals surface area contributed by atoms with E-state index < -0.39 is 0 Å². The number of hydrogen-bond acceptors (Lipinski definition) is 0. The van der Waals surface area contributed by atoms with Crippen LogP contribution < -0.4 is 0 Å². The van der Waals surface area contributed by atoms with Gasteiger partial charge in [-0.1, -0.05) is 27.7 Å². The molecule has 0 amide bonds. The van der Waals surface area contributed by atoms with Gasteiger partial charge in [0.05, 0.1) is 0 Å². The zero-order valence-corrected chi connectivity index (χ0v) is 12.4. The van der Waals surface area contributed by atoms with Crippen molar-refractivity contribution in [1.82, 2.24) is 0 Å². The zero-order chi connectivity index (χ0) is 11.4. The molecule has 0 aliphatic heterocycles. The van der Waals surface area contributed by atoms with E-state index in [2.05, 4.69) is 12.2 Å². The van der Waals surface area contributed by atoms with E-state index in [-0.39, 0.29) is 19.5 Å². The number of hydrogen-bond donors (Lipinski definition) is 0. The standard InChI is InChI=1S/2C7H11.Ru/c2*1-4-6-7(3)5-2;/h2*4,6H,1-3H3;/q2*-1;+2. The first-order valence-corrected chi connectivity index (χ1v) is 4.90. The molecule has 0 aliphatic carbocycles. The predicted octanol–water partition coefficient (Wildman–Crippen LogP) is 4.66. The summed E-state index contributed by atoms with van der Waals surface area (Å²) in [7, 11) is 0. The molecule has 86 valence electrons. The Morgan fingerprint density at radius 2 is 1.07 bits per heavy atom. The van der Waals surface area contributed by atoms with Crippen LogP contribution in [0.4, 0.5) is 0 Å². The summed E-state index contributed by atoms with van der Waals surface area (Å²) in [6, 6.07) is 0. The van der Waals surface area contributed by atoms with Gasteiger partial charge in [0.1, 0.15) is 0 Å². The van der Waals surface area contributed by atoms with Gasteiger partial charge in [-0.3, -0.25) is 12.2 Å². The second kappa shape index (κ2) is 16.0. The Morgan fingerprint density at radius 3 is 1.13 bits per heavy atom. The first-order valence-electron chi connectivity index (χ1n) is 4.90. The van der Waals surface area contributed by atoms with Crippen LogP contribution in [-0.2, 0) is 19.5 Å². The third-order valence-electron chi connectivity index (χ3n) is 1.62. The first-order chi connectivity index (χ1) is 6.62. The summed E-state index contributed by atoms with van der Waals surface area (Å²) in [4.78, 5) is 0. The van der Waals surface area contributed by atoms with E-state index in [4.69, 9.17) is 0 Å². The maximum atomic E-state index is 3.00. The maximum absolute atomic E-state index is 3.00. The van der Waals surface area contributed by atoms with Gasteiger partial charge in [-0.15, -0.1) is 13.8 Å². The fraction of sp³-hybridized carbons (Fsp3) is 0.429. The topological polar surface area (TPSA) is 0 Å². The summed E-state index contributed by atoms with van der Waals surface area (Å²) >= 11 is 0. The van der Waals surface area contributed by atoms with Gasteiger partial charge in [0, 0.05) is 0 Å². The molecule has 0 N–H and O–H groups in total. The zero-order valence-electron chi connectivity index (χ0n) is 10.7. The Hall–Kier alpha value is -0.417. The Morgan fingerprint density at radius 1 is 0.800 bits per heavy atom. The molecule has 0 saturated heterocycles. The van der Waals surface area contributed by atoms with Crippen molar-refractivity contribution >= 4 is 0 Å². The van der Waals surface area contributed by atoms with Gasteiger partial charge in [-0.2, -0.15) is 12.2 Å². The molecule has 0 spiro atoms. The Kier molecular flexibility index (Phi) is 21.4. The molecule has 15 heavy (non-hydrogen) atoms. The summed E-state index contributed by atoms with van der Waals surface area (Å²) in [6.45, 7) is 11.9. The molecular weight excluding hydrogens is 269 g/mol. The van der Waals surface area contributed by atoms with Gasteiger partial charge >= 0.3 is 19.5 Å². The van der Waals surface area contributed by atoms with Gasteiger partial charge in [-0.05, 0) is 0 Å². The van der Waals surface area contributed by atoms with Gasteiger partial charge in [0.25, 0.3) is 0 Å². The normalized spacial score (nSPS) is 12.4. The fourth-order valence-corrected chi connectivity index (χ4v) is 0.667. The number of allylic oxidation sites excluding steroid dienone is 8. The summed E-state index contributed by atoms with van der Waals surface area (Å²) in [5, 5.41) is 0. The Balaban J connectivity index is -0.000000180. The van der Waals surface area contributed by atoms with E-state index in [1.807, 2.05) is 65.8 Å². The summed E-state index contributed by atoms with van der Waals surface area (Å²) in [5.74, 6) is 0. The summed E-state index contributed by atoms with van der Waals surface area (Å²) in [6.07, 6.45) is 14.1. The van der Waals surface area contributed by atoms with E-state index in [1.54, 1.807) is 0 Å². The van der Waals surface area contributed by atoms with Crippen LogP contribution in [0.15, 0.2) is 35.5 Å². The molecule has 0 saturated carbocycles. The largest absolute Gasteiger partial charge is 2.00 e. The Bertz CT molecular complexity index is 204. The van der Waals surface area contributed by atoms with Crippen molar-refractivity contribution < 1.29 is 19.5 Å². The SMILES string of the molecule is C[C-]=C(C)C=CC.C[C-]=C(C)C=CC.[Ru+2]. The minimum absolute atomic E-state index is 0. The second-order valence-corrected chi connectivity index (χ2v) is 2.87. The summed E-state index contributed by atoms with van der Waals surface area (Å²) < 4.78 is 0. The molecule has 0 atom stereocenters. The van der Waals surface area contributed by atoms with E-state index in [9.17, 15) is 0 Å². The van der Waals surface area contributed by atoms with Crippen molar-refractivity contribution in [3.63, 3.8) is 0 Å². The van der Waals surface area contributed by atoms with Crippen LogP contribution in [0, 0.1) is 12.2 Å². The first kappa shape index (κ1) is 20.1. The Labute approximate surface area is 109 Å². The van der Waals surface area contributed by atoms with Crippen LogP contribution >= 0.6 is 0 Å². The van der Waals surface area contributed by atoms with E-state index >= 15 is 0 Å². The molecule has 0 aliphatic rings. The summed E-state index contributed by atoms with van der Waals surface area (Å²) in [5.41, 5.74) is 2.39. The third-order valence-corrected chi connectivity index (χ3v) is 1.62. The third kappa shape index (κ3) is 19.8. The van der Waals surface area contributed by atoms with Crippen molar-refractivity contribution in [3.8, 4) is 0 Å². The molecule has 0 nitrogen and oxygen atoms in total. The average Bonchev–Trinajstić information content (AvgIpc) is 2.19. The minimum atomic E-state index is 0. The fourth-order valence-electron chi connectivity index (χ4n) is 0.667. The van der Waals surface area contributed by atoms with Crippen LogP contribution in [0.25, 0.3) is 0 Å². The van der Waals surface area contributed by atoms with Gasteiger partial charge in [0.2, 0.25) is 0 Å². The van der Waals surface area contributed by atoms with Crippen molar-refractivity contribution in [2.75, 3.05) is 0 Å². The van der Waals surface area contributed by atoms with Gasteiger partial charge in [0.15, 0.2) is 0 Å². The quantitative estimate of drug-likeness (QED) is 0.394. The molecule has 0 fully saturated rings. The van der Waals surface area contributed by atoms with Gasteiger partial charge < -0.3 is 0 Å². The molecule has 0 aromatic rings. The number of rotatable bonds is 2. The molecule has 0 rings (SSSR count). The maximum Gasteiger partial charge on any atom is 2.00 e. The molecule has 0 radical (unpaired) electrons. The molecule has 0 unspecified atom stereocenters. The minimum Gasteiger partial charge on any atom is -0.275 e. The van der Waals surface area contributed by atoms with Crippen LogP contribution in [0.2, 0.25) is 0 Å². The van der Waals surface area contributed by atoms with Crippen LogP contribution in [-0.4, -0.2) is 0 Å². The van der Waals surface area contributed by atoms with Crippen LogP contribution in [0.5, 0.6) is 0 Å². The molecule has 0 heterocycles. The van der Waals surface area contributed by atoms with Crippen LogP contribution in [0.1, 0.15) is 41.5 Å². The molecule has 0 aromatic heterocycles. The molecule has 1 heteroatoms. The van der Waals surface area contributed by atoms with Crippen molar-refractivity contribution in [1.29, 1.82) is 0 Å². The van der Waals surface area contributed by atoms with Gasteiger partial charge in [-0.25, -0.2) is 23.3 Å². The molecule has 0 bridgehead atoms. The smallest absolute Gasteiger partial charge is 0.275 e. The van der Waals surface area contributed by atoms with E-state index in [1.165, 1.54) is 11.1 Å². The monoisotopic (exact) mass is 292 g/mol. The van der Waals surface area contributed by atoms with Crippen LogP contribution in [0.3, 0.4) is 0 Å². The molecular formula is C14H22Ru. The van der Waals surface area contributed by atoms with Crippen molar-refractivity contribution in [3.05, 3.63) is 47.6 Å². The van der Waals surface area contributed by atoms with E-state index in [0.29, 0.717) is 0 Å². The van der Waals surface area contributed by atoms with Crippen molar-refractivity contribution in [2.45, 2.75) is 41.5 Å².